The van der Waals surface area contributed by atoms with Crippen molar-refractivity contribution in [1.82, 2.24) is 10.0 Å². The number of aliphatic hydroxyl groups is 1. The second-order valence-electron chi connectivity index (χ2n) is 5.93. The predicted octanol–water partition coefficient (Wildman–Crippen LogP) is 2.28. The van der Waals surface area contributed by atoms with E-state index in [2.05, 4.69) is 11.9 Å². The van der Waals surface area contributed by atoms with E-state index < -0.39 is 19.1 Å². The van der Waals surface area contributed by atoms with Crippen molar-refractivity contribution in [2.75, 3.05) is 19.7 Å². The number of benzene rings is 1. The predicted molar refractivity (Wildman–Crippen MR) is 88.5 cm³/mol. The Labute approximate surface area is 141 Å². The number of β-amino-alcohol motifs (C(OH)–C–C–N with tert-alkyl or cyclic N) is 1. The van der Waals surface area contributed by atoms with Crippen LogP contribution in [0.2, 0.25) is 0 Å². The van der Waals surface area contributed by atoms with Gasteiger partial charge in [0, 0.05) is 24.9 Å². The van der Waals surface area contributed by atoms with Gasteiger partial charge in [0.25, 0.3) is 6.43 Å². The van der Waals surface area contributed by atoms with Crippen LogP contribution < -0.4 is 10.5 Å². The van der Waals surface area contributed by atoms with Crippen molar-refractivity contribution < 1.29 is 18.6 Å². The Morgan fingerprint density at radius 3 is 2.71 bits per heavy atom. The number of hydrogen-bond acceptors (Lipinski definition) is 5. The van der Waals surface area contributed by atoms with E-state index in [1.807, 2.05) is 29.4 Å². The molecular weight excluding hydrogens is 316 g/mol. The van der Waals surface area contributed by atoms with Crippen molar-refractivity contribution in [1.29, 1.82) is 0 Å². The quantitative estimate of drug-likeness (QED) is 0.760. The molecule has 24 heavy (non-hydrogen) atoms. The highest BCUT2D eigenvalue weighted by Gasteiger charge is 2.24. The van der Waals surface area contributed by atoms with Crippen molar-refractivity contribution in [3.8, 4) is 5.75 Å². The average molecular weight is 341 g/mol. The molecule has 2 unspecified atom stereocenters. The molecule has 7 heteroatoms. The fourth-order valence-electron chi connectivity index (χ4n) is 2.77. The van der Waals surface area contributed by atoms with Gasteiger partial charge in [0.15, 0.2) is 0 Å². The second-order valence-corrected chi connectivity index (χ2v) is 5.93. The lowest BCUT2D eigenvalue weighted by atomic mass is 10.0. The van der Waals surface area contributed by atoms with Crippen LogP contribution in [0.1, 0.15) is 31.0 Å². The first-order valence-corrected chi connectivity index (χ1v) is 8.04. The first-order valence-electron chi connectivity index (χ1n) is 8.04. The van der Waals surface area contributed by atoms with Gasteiger partial charge in [-0.05, 0) is 31.5 Å². The Morgan fingerprint density at radius 1 is 1.33 bits per heavy atom. The van der Waals surface area contributed by atoms with Gasteiger partial charge in [0.1, 0.15) is 12.4 Å². The van der Waals surface area contributed by atoms with Crippen LogP contribution in [0.5, 0.6) is 5.75 Å². The highest BCUT2D eigenvalue weighted by Crippen LogP contribution is 2.29. The summed E-state index contributed by atoms with van der Waals surface area (Å²) in [5.41, 5.74) is 7.45. The topological polar surface area (TPSA) is 62.0 Å². The third kappa shape index (κ3) is 4.66. The van der Waals surface area contributed by atoms with Crippen LogP contribution in [0.25, 0.3) is 0 Å². The summed E-state index contributed by atoms with van der Waals surface area (Å²) in [5, 5.41) is 13.7. The number of hydrogen-bond donors (Lipinski definition) is 2. The summed E-state index contributed by atoms with van der Waals surface area (Å²) in [7, 11) is 0. The van der Waals surface area contributed by atoms with Gasteiger partial charge < -0.3 is 20.6 Å². The maximum absolute atomic E-state index is 12.3. The van der Waals surface area contributed by atoms with Crippen LogP contribution in [0.4, 0.5) is 8.78 Å². The molecule has 0 saturated heterocycles. The number of ether oxygens (including phenoxy) is 1. The Kier molecular flexibility index (Phi) is 6.53. The van der Waals surface area contributed by atoms with Crippen molar-refractivity contribution in [3.05, 3.63) is 41.6 Å². The van der Waals surface area contributed by atoms with E-state index in [0.717, 1.165) is 12.1 Å². The molecule has 0 radical (unpaired) electrons. The van der Waals surface area contributed by atoms with E-state index in [1.54, 1.807) is 13.0 Å². The summed E-state index contributed by atoms with van der Waals surface area (Å²) in [4.78, 5) is 0. The summed E-state index contributed by atoms with van der Waals surface area (Å²) in [6.07, 6.45) is 1.03. The Hall–Kier alpha value is -1.70. The van der Waals surface area contributed by atoms with Crippen LogP contribution in [-0.2, 0) is 6.54 Å². The van der Waals surface area contributed by atoms with E-state index in [9.17, 15) is 13.9 Å². The number of aliphatic hydroxyl groups excluding tert-OH is 1. The first kappa shape index (κ1) is 18.6. The Morgan fingerprint density at radius 2 is 2.08 bits per heavy atom. The van der Waals surface area contributed by atoms with E-state index in [4.69, 9.17) is 10.5 Å². The molecule has 0 fully saturated rings. The van der Waals surface area contributed by atoms with Crippen LogP contribution in [-0.4, -0.2) is 47.4 Å². The SMILES string of the molecule is CC(O)CN1C=CCN1C(C)c1ccc(OCC(F)F)c(CN)c1. The lowest BCUT2D eigenvalue weighted by Gasteiger charge is -2.35. The molecule has 1 aromatic carbocycles. The molecule has 2 rings (SSSR count). The molecule has 0 aliphatic carbocycles. The second kappa shape index (κ2) is 8.41. The van der Waals surface area contributed by atoms with Gasteiger partial charge in [-0.1, -0.05) is 12.1 Å². The van der Waals surface area contributed by atoms with Crippen molar-refractivity contribution in [2.45, 2.75) is 39.0 Å². The zero-order valence-corrected chi connectivity index (χ0v) is 14.0. The zero-order chi connectivity index (χ0) is 17.7. The minimum atomic E-state index is -2.51. The molecule has 2 atom stereocenters. The van der Waals surface area contributed by atoms with Gasteiger partial charge in [0.05, 0.1) is 18.7 Å². The van der Waals surface area contributed by atoms with Crippen LogP contribution in [0.15, 0.2) is 30.5 Å². The molecule has 0 amide bonds. The molecule has 0 bridgehead atoms. The third-order valence-electron chi connectivity index (χ3n) is 3.95. The highest BCUT2D eigenvalue weighted by molar-refractivity contribution is 5.38. The van der Waals surface area contributed by atoms with Crippen molar-refractivity contribution in [3.63, 3.8) is 0 Å². The molecule has 0 spiro atoms. The molecule has 0 saturated carbocycles. The number of rotatable bonds is 8. The average Bonchev–Trinajstić information content (AvgIpc) is 2.99. The molecular formula is C17H25F2N3O2. The number of alkyl halides is 2. The highest BCUT2D eigenvalue weighted by atomic mass is 19.3. The monoisotopic (exact) mass is 341 g/mol. The van der Waals surface area contributed by atoms with Crippen molar-refractivity contribution in [2.24, 2.45) is 5.73 Å². The number of halogens is 2. The maximum Gasteiger partial charge on any atom is 0.272 e. The fourth-order valence-corrected chi connectivity index (χ4v) is 2.77. The minimum Gasteiger partial charge on any atom is -0.487 e. The van der Waals surface area contributed by atoms with Gasteiger partial charge in [-0.15, -0.1) is 0 Å². The largest absolute Gasteiger partial charge is 0.487 e. The van der Waals surface area contributed by atoms with E-state index in [-0.39, 0.29) is 12.6 Å². The summed E-state index contributed by atoms with van der Waals surface area (Å²) >= 11 is 0. The number of nitrogens with zero attached hydrogens (tertiary/aromatic N) is 2. The molecule has 3 N–H and O–H groups in total. The standard InChI is InChI=1S/C17H25F2N3O2/c1-12(23)10-21-6-3-7-22(21)13(2)14-4-5-16(15(8-14)9-20)24-11-17(18)19/h3-6,8,12-13,17,23H,7,9-11,20H2,1-2H3. The van der Waals surface area contributed by atoms with Crippen LogP contribution >= 0.6 is 0 Å². The molecule has 134 valence electrons. The van der Waals surface area contributed by atoms with Gasteiger partial charge in [0.2, 0.25) is 0 Å². The molecule has 1 heterocycles. The van der Waals surface area contributed by atoms with Gasteiger partial charge in [-0.3, -0.25) is 0 Å². The smallest absolute Gasteiger partial charge is 0.272 e. The lowest BCUT2D eigenvalue weighted by Crippen LogP contribution is -2.40. The van der Waals surface area contributed by atoms with Gasteiger partial charge in [-0.2, -0.15) is 0 Å². The summed E-state index contributed by atoms with van der Waals surface area (Å²) < 4.78 is 29.8. The normalized spacial score (nSPS) is 17.5. The van der Waals surface area contributed by atoms with Gasteiger partial charge >= 0.3 is 0 Å². The molecule has 1 aliphatic heterocycles. The summed E-state index contributed by atoms with van der Waals surface area (Å²) in [5.74, 6) is 0.397. The zero-order valence-electron chi connectivity index (χ0n) is 14.0. The Bertz CT molecular complexity index is 567. The number of nitrogens with two attached hydrogens (primary N) is 1. The fraction of sp³-hybridized carbons (Fsp3) is 0.529. The summed E-state index contributed by atoms with van der Waals surface area (Å²) in [6, 6.07) is 5.50. The molecule has 1 aromatic rings. The maximum atomic E-state index is 12.3. The minimum absolute atomic E-state index is 0.0493. The lowest BCUT2D eigenvalue weighted by molar-refractivity contribution is -0.0159. The molecule has 1 aliphatic rings. The number of hydrazine groups is 1. The summed E-state index contributed by atoms with van der Waals surface area (Å²) in [6.45, 7) is 4.64. The van der Waals surface area contributed by atoms with Gasteiger partial charge in [-0.25, -0.2) is 13.8 Å². The Balaban J connectivity index is 2.13. The van der Waals surface area contributed by atoms with E-state index in [1.165, 1.54) is 0 Å². The van der Waals surface area contributed by atoms with Crippen LogP contribution in [0, 0.1) is 0 Å². The van der Waals surface area contributed by atoms with Crippen molar-refractivity contribution >= 4 is 0 Å². The van der Waals surface area contributed by atoms with Crippen LogP contribution in [0.3, 0.4) is 0 Å². The third-order valence-corrected chi connectivity index (χ3v) is 3.95. The molecule has 0 aromatic heterocycles. The van der Waals surface area contributed by atoms with E-state index >= 15 is 0 Å². The molecule has 5 nitrogen and oxygen atoms in total. The first-order chi connectivity index (χ1) is 11.4. The van der Waals surface area contributed by atoms with E-state index in [0.29, 0.717) is 17.9 Å².